The zero-order valence-electron chi connectivity index (χ0n) is 13.6. The van der Waals surface area contributed by atoms with E-state index >= 15 is 0 Å². The lowest BCUT2D eigenvalue weighted by Gasteiger charge is -2.23. The van der Waals surface area contributed by atoms with Gasteiger partial charge in [-0.2, -0.15) is 0 Å². The van der Waals surface area contributed by atoms with Gasteiger partial charge in [0.15, 0.2) is 0 Å². The van der Waals surface area contributed by atoms with Gasteiger partial charge in [0.25, 0.3) is 5.69 Å². The van der Waals surface area contributed by atoms with Crippen LogP contribution in [0.25, 0.3) is 0 Å². The summed E-state index contributed by atoms with van der Waals surface area (Å²) in [6, 6.07) is 3.70. The Morgan fingerprint density at radius 1 is 1.32 bits per heavy atom. The third-order valence-electron chi connectivity index (χ3n) is 3.58. The van der Waals surface area contributed by atoms with Gasteiger partial charge in [0, 0.05) is 18.7 Å². The number of nitrogens with zero attached hydrogens (tertiary/aromatic N) is 2. The van der Waals surface area contributed by atoms with Crippen molar-refractivity contribution in [3.05, 3.63) is 39.9 Å². The summed E-state index contributed by atoms with van der Waals surface area (Å²) in [6.45, 7) is 2.20. The van der Waals surface area contributed by atoms with Crippen molar-refractivity contribution < 1.29 is 24.4 Å². The van der Waals surface area contributed by atoms with Crippen molar-refractivity contribution in [2.45, 2.75) is 31.8 Å². The average Bonchev–Trinajstić information content (AvgIpc) is 3.04. The minimum atomic E-state index is -1.09. The van der Waals surface area contributed by atoms with Crippen LogP contribution in [0.4, 0.5) is 5.69 Å². The summed E-state index contributed by atoms with van der Waals surface area (Å²) < 4.78 is 0. The van der Waals surface area contributed by atoms with Gasteiger partial charge < -0.3 is 21.5 Å². The van der Waals surface area contributed by atoms with Gasteiger partial charge in [0.05, 0.1) is 16.5 Å². The van der Waals surface area contributed by atoms with Crippen molar-refractivity contribution in [2.24, 2.45) is 11.5 Å². The first-order valence-corrected chi connectivity index (χ1v) is 7.48. The van der Waals surface area contributed by atoms with Crippen molar-refractivity contribution in [1.29, 1.82) is 0 Å². The Hall–Kier alpha value is -3.01. The first-order chi connectivity index (χ1) is 11.6. The standard InChI is InChI=1S/C8H15N3O2.C7H5NO4/c1-5(9)8(13)11-4-2-3-6(11)7(10)12;9-7(10)5-1-3-6(4-2-5)8(11)12/h5-6H,2-4,9H2,1H3,(H2,10,12);1-4H,(H,9,10). The second-order valence-corrected chi connectivity index (χ2v) is 5.49. The van der Waals surface area contributed by atoms with E-state index in [1.165, 1.54) is 17.0 Å². The predicted molar refractivity (Wildman–Crippen MR) is 87.6 cm³/mol. The third-order valence-corrected chi connectivity index (χ3v) is 3.58. The van der Waals surface area contributed by atoms with Crippen molar-refractivity contribution in [2.75, 3.05) is 6.54 Å². The maximum absolute atomic E-state index is 11.5. The minimum Gasteiger partial charge on any atom is -0.478 e. The van der Waals surface area contributed by atoms with Crippen LogP contribution in [-0.4, -0.2) is 51.3 Å². The first-order valence-electron chi connectivity index (χ1n) is 7.48. The number of benzene rings is 1. The number of nitro groups is 1. The number of nitro benzene ring substituents is 1. The Morgan fingerprint density at radius 3 is 2.28 bits per heavy atom. The van der Waals surface area contributed by atoms with Crippen LogP contribution in [0.5, 0.6) is 0 Å². The molecule has 1 aliphatic heterocycles. The monoisotopic (exact) mass is 352 g/mol. The highest BCUT2D eigenvalue weighted by atomic mass is 16.6. The summed E-state index contributed by atoms with van der Waals surface area (Å²) >= 11 is 0. The van der Waals surface area contributed by atoms with Crippen molar-refractivity contribution in [1.82, 2.24) is 4.90 Å². The molecule has 1 saturated heterocycles. The molecule has 1 fully saturated rings. The lowest BCUT2D eigenvalue weighted by Crippen LogP contribution is -2.49. The molecular formula is C15H20N4O6. The number of hydrogen-bond acceptors (Lipinski definition) is 6. The summed E-state index contributed by atoms with van der Waals surface area (Å²) in [7, 11) is 0. The molecule has 2 atom stereocenters. The number of carboxylic acids is 1. The van der Waals surface area contributed by atoms with Gasteiger partial charge in [0.1, 0.15) is 6.04 Å². The lowest BCUT2D eigenvalue weighted by molar-refractivity contribution is -0.384. The molecule has 2 amide bonds. The minimum absolute atomic E-state index is 0.0422. The van der Waals surface area contributed by atoms with Crippen LogP contribution >= 0.6 is 0 Å². The van der Waals surface area contributed by atoms with Crippen molar-refractivity contribution in [3.63, 3.8) is 0 Å². The Morgan fingerprint density at radius 2 is 1.88 bits per heavy atom. The Balaban J connectivity index is 0.000000251. The number of likely N-dealkylation sites (tertiary alicyclic amines) is 1. The Labute approximate surface area is 143 Å². The largest absolute Gasteiger partial charge is 0.478 e. The van der Waals surface area contributed by atoms with Crippen LogP contribution in [0.15, 0.2) is 24.3 Å². The van der Waals surface area contributed by atoms with E-state index in [0.29, 0.717) is 13.0 Å². The average molecular weight is 352 g/mol. The highest BCUT2D eigenvalue weighted by molar-refractivity contribution is 5.89. The van der Waals surface area contributed by atoms with Gasteiger partial charge in [0.2, 0.25) is 11.8 Å². The first kappa shape index (κ1) is 20.0. The summed E-state index contributed by atoms with van der Waals surface area (Å²) in [5.74, 6) is -1.72. The Bertz CT molecular complexity index is 625. The van der Waals surface area contributed by atoms with E-state index in [1.54, 1.807) is 6.92 Å². The van der Waals surface area contributed by atoms with Gasteiger partial charge in [-0.15, -0.1) is 0 Å². The molecule has 2 unspecified atom stereocenters. The number of hydrogen-bond donors (Lipinski definition) is 3. The molecule has 136 valence electrons. The quantitative estimate of drug-likeness (QED) is 0.509. The molecule has 0 aromatic heterocycles. The fraction of sp³-hybridized carbons (Fsp3) is 0.400. The predicted octanol–water partition coefficient (Wildman–Crippen LogP) is 0.103. The van der Waals surface area contributed by atoms with Gasteiger partial charge >= 0.3 is 5.97 Å². The molecule has 1 aliphatic rings. The van der Waals surface area contributed by atoms with E-state index in [9.17, 15) is 24.5 Å². The maximum Gasteiger partial charge on any atom is 0.335 e. The summed E-state index contributed by atoms with van der Waals surface area (Å²) in [6.07, 6.45) is 1.49. The number of rotatable bonds is 4. The summed E-state index contributed by atoms with van der Waals surface area (Å²) in [5.41, 5.74) is 10.5. The molecule has 1 aromatic carbocycles. The summed E-state index contributed by atoms with van der Waals surface area (Å²) in [5, 5.41) is 18.6. The molecule has 5 N–H and O–H groups in total. The lowest BCUT2D eigenvalue weighted by atomic mass is 10.2. The number of carbonyl (C=O) groups excluding carboxylic acids is 2. The Kier molecular flexibility index (Phi) is 7.00. The molecule has 0 spiro atoms. The van der Waals surface area contributed by atoms with E-state index in [0.717, 1.165) is 18.6 Å². The number of aromatic carboxylic acids is 1. The highest BCUT2D eigenvalue weighted by Gasteiger charge is 2.33. The molecule has 1 heterocycles. The molecule has 0 saturated carbocycles. The van der Waals surface area contributed by atoms with Crippen molar-refractivity contribution in [3.8, 4) is 0 Å². The third kappa shape index (κ3) is 5.53. The molecule has 0 aliphatic carbocycles. The van der Waals surface area contributed by atoms with Crippen LogP contribution in [0.1, 0.15) is 30.1 Å². The van der Waals surface area contributed by atoms with Crippen LogP contribution in [0.2, 0.25) is 0 Å². The number of amides is 2. The van der Waals surface area contributed by atoms with Gasteiger partial charge in [-0.3, -0.25) is 19.7 Å². The van der Waals surface area contributed by atoms with E-state index < -0.39 is 28.9 Å². The van der Waals surface area contributed by atoms with Crippen LogP contribution < -0.4 is 11.5 Å². The highest BCUT2D eigenvalue weighted by Crippen LogP contribution is 2.17. The zero-order chi connectivity index (χ0) is 19.1. The molecule has 10 nitrogen and oxygen atoms in total. The normalized spacial score (nSPS) is 17.2. The summed E-state index contributed by atoms with van der Waals surface area (Å²) in [4.78, 5) is 43.7. The number of carbonyl (C=O) groups is 3. The number of non-ortho nitro benzene ring substituents is 1. The van der Waals surface area contributed by atoms with Gasteiger partial charge in [-0.25, -0.2) is 4.79 Å². The van der Waals surface area contributed by atoms with Gasteiger partial charge in [-0.1, -0.05) is 0 Å². The molecule has 25 heavy (non-hydrogen) atoms. The molecule has 10 heteroatoms. The molecule has 1 aromatic rings. The van der Waals surface area contributed by atoms with E-state index in [4.69, 9.17) is 16.6 Å². The molecule has 2 rings (SSSR count). The number of nitrogens with two attached hydrogens (primary N) is 2. The van der Waals surface area contributed by atoms with Crippen LogP contribution in [0, 0.1) is 10.1 Å². The molecule has 0 radical (unpaired) electrons. The van der Waals surface area contributed by atoms with Crippen molar-refractivity contribution >= 4 is 23.5 Å². The van der Waals surface area contributed by atoms with Crippen LogP contribution in [-0.2, 0) is 9.59 Å². The van der Waals surface area contributed by atoms with E-state index in [-0.39, 0.29) is 17.2 Å². The second-order valence-electron chi connectivity index (χ2n) is 5.49. The van der Waals surface area contributed by atoms with E-state index in [1.807, 2.05) is 0 Å². The zero-order valence-corrected chi connectivity index (χ0v) is 13.6. The number of primary amides is 1. The van der Waals surface area contributed by atoms with E-state index in [2.05, 4.69) is 0 Å². The van der Waals surface area contributed by atoms with Crippen LogP contribution in [0.3, 0.4) is 0 Å². The SMILES string of the molecule is CC(N)C(=O)N1CCCC1C(N)=O.O=C(O)c1ccc([N+](=O)[O-])cc1. The fourth-order valence-corrected chi connectivity index (χ4v) is 2.31. The fourth-order valence-electron chi connectivity index (χ4n) is 2.31. The van der Waals surface area contributed by atoms with Gasteiger partial charge in [-0.05, 0) is 31.9 Å². The second kappa shape index (κ2) is 8.73. The maximum atomic E-state index is 11.5. The topological polar surface area (TPSA) is 170 Å². The number of carboxylic acid groups (broad SMARTS) is 1. The smallest absolute Gasteiger partial charge is 0.335 e. The molecule has 0 bridgehead atoms. The molecular weight excluding hydrogens is 332 g/mol.